The molecule has 0 spiro atoms. The molecule has 0 saturated carbocycles. The Morgan fingerprint density at radius 3 is 2.03 bits per heavy atom. The Morgan fingerprint density at radius 1 is 1.00 bits per heavy atom. The summed E-state index contributed by atoms with van der Waals surface area (Å²) < 4.78 is 0. The average molecular weight is 481 g/mol. The lowest BCUT2D eigenvalue weighted by molar-refractivity contribution is -0.143. The van der Waals surface area contributed by atoms with Gasteiger partial charge in [-0.1, -0.05) is 20.3 Å². The first-order valence-electron chi connectivity index (χ1n) is 9.69. The molecule has 0 aliphatic heterocycles. The Labute approximate surface area is 191 Å². The summed E-state index contributed by atoms with van der Waals surface area (Å²) in [5, 5.41) is 25.5. The van der Waals surface area contributed by atoms with Crippen molar-refractivity contribution in [1.82, 2.24) is 16.0 Å². The van der Waals surface area contributed by atoms with Crippen LogP contribution in [0, 0.1) is 5.92 Å². The third-order valence-electron chi connectivity index (χ3n) is 4.56. The third kappa shape index (κ3) is 10.7. The molecule has 0 aromatic carbocycles. The van der Waals surface area contributed by atoms with Crippen molar-refractivity contribution < 1.29 is 34.2 Å². The smallest absolute Gasteiger partial charge is 0.326 e. The zero-order valence-electron chi connectivity index (χ0n) is 17.8. The number of carbonyl (C=O) groups is 5. The number of thioether (sulfide) groups is 1. The average Bonchev–Trinajstić information content (AvgIpc) is 2.71. The number of hydrogen-bond acceptors (Lipinski definition) is 8. The van der Waals surface area contributed by atoms with Gasteiger partial charge in [0.2, 0.25) is 17.7 Å². The van der Waals surface area contributed by atoms with Crippen LogP contribution in [-0.4, -0.2) is 81.8 Å². The molecule has 0 saturated heterocycles. The van der Waals surface area contributed by atoms with Crippen molar-refractivity contribution in [2.75, 3.05) is 17.8 Å². The van der Waals surface area contributed by atoms with Crippen LogP contribution in [0.25, 0.3) is 0 Å². The molecule has 0 radical (unpaired) electrons. The van der Waals surface area contributed by atoms with Crippen LogP contribution in [0.15, 0.2) is 0 Å². The summed E-state index contributed by atoms with van der Waals surface area (Å²) in [6.07, 6.45) is 1.64. The Bertz CT molecular complexity index is 650. The lowest BCUT2D eigenvalue weighted by Gasteiger charge is -2.27. The van der Waals surface area contributed by atoms with E-state index in [0.717, 1.165) is 0 Å². The molecule has 0 aliphatic carbocycles. The van der Waals surface area contributed by atoms with Crippen LogP contribution in [0.1, 0.15) is 33.1 Å². The van der Waals surface area contributed by atoms with Crippen LogP contribution < -0.4 is 21.7 Å². The highest BCUT2D eigenvalue weighted by atomic mass is 32.2. The topological polar surface area (TPSA) is 188 Å². The van der Waals surface area contributed by atoms with E-state index in [-0.39, 0.29) is 18.1 Å². The zero-order valence-corrected chi connectivity index (χ0v) is 19.5. The minimum absolute atomic E-state index is 0.0529. The number of carboxylic acid groups (broad SMARTS) is 2. The van der Waals surface area contributed by atoms with Gasteiger partial charge in [-0.2, -0.15) is 24.4 Å². The Kier molecular flexibility index (Phi) is 14.0. The summed E-state index contributed by atoms with van der Waals surface area (Å²) in [5.41, 5.74) is 5.63. The molecule has 0 aliphatic rings. The van der Waals surface area contributed by atoms with Crippen LogP contribution in [0.5, 0.6) is 0 Å². The van der Waals surface area contributed by atoms with Gasteiger partial charge in [0, 0.05) is 5.75 Å². The number of carbonyl (C=O) groups excluding carboxylic acids is 3. The molecule has 0 fully saturated rings. The van der Waals surface area contributed by atoms with E-state index in [4.69, 9.17) is 10.8 Å². The van der Waals surface area contributed by atoms with E-state index in [1.165, 1.54) is 11.8 Å². The van der Waals surface area contributed by atoms with Gasteiger partial charge in [0.05, 0.1) is 12.5 Å². The fourth-order valence-corrected chi connectivity index (χ4v) is 3.09. The standard InChI is InChI=1S/C18H32N4O7S2/c1-4-9(2)14(22-15(25)10(19)8-30)17(27)21-12(7-13(23)24)16(26)20-11(18(28)29)5-6-31-3/h9-12,14,30H,4-8,19H2,1-3H3,(H,20,26)(H,21,27)(H,22,25)(H,23,24)(H,28,29). The largest absolute Gasteiger partial charge is 0.481 e. The second-order valence-electron chi connectivity index (χ2n) is 7.00. The van der Waals surface area contributed by atoms with Crippen LogP contribution in [0.4, 0.5) is 0 Å². The van der Waals surface area contributed by atoms with Gasteiger partial charge in [-0.3, -0.25) is 19.2 Å². The van der Waals surface area contributed by atoms with Crippen LogP contribution >= 0.6 is 24.4 Å². The fourth-order valence-electron chi connectivity index (χ4n) is 2.46. The molecule has 178 valence electrons. The summed E-state index contributed by atoms with van der Waals surface area (Å²) in [6, 6.07) is -4.78. The maximum atomic E-state index is 12.8. The van der Waals surface area contributed by atoms with Crippen molar-refractivity contribution >= 4 is 54.1 Å². The minimum atomic E-state index is -1.52. The molecule has 3 amide bonds. The van der Waals surface area contributed by atoms with Gasteiger partial charge in [0.15, 0.2) is 0 Å². The van der Waals surface area contributed by atoms with Gasteiger partial charge >= 0.3 is 11.9 Å². The molecule has 0 heterocycles. The molecule has 0 aromatic rings. The summed E-state index contributed by atoms with van der Waals surface area (Å²) in [7, 11) is 0. The van der Waals surface area contributed by atoms with Gasteiger partial charge in [0.25, 0.3) is 0 Å². The van der Waals surface area contributed by atoms with E-state index in [2.05, 4.69) is 28.6 Å². The molecule has 5 unspecified atom stereocenters. The highest BCUT2D eigenvalue weighted by molar-refractivity contribution is 7.98. The van der Waals surface area contributed by atoms with E-state index in [1.807, 2.05) is 0 Å². The van der Waals surface area contributed by atoms with Gasteiger partial charge in [-0.15, -0.1) is 0 Å². The maximum absolute atomic E-state index is 12.8. The second-order valence-corrected chi connectivity index (χ2v) is 8.35. The maximum Gasteiger partial charge on any atom is 0.326 e. The molecule has 11 nitrogen and oxygen atoms in total. The van der Waals surface area contributed by atoms with E-state index in [0.29, 0.717) is 12.2 Å². The lowest BCUT2D eigenvalue weighted by Crippen LogP contribution is -2.59. The number of aliphatic carboxylic acids is 2. The molecule has 0 rings (SSSR count). The van der Waals surface area contributed by atoms with E-state index >= 15 is 0 Å². The highest BCUT2D eigenvalue weighted by Crippen LogP contribution is 2.10. The fraction of sp³-hybridized carbons (Fsp3) is 0.722. The van der Waals surface area contributed by atoms with Crippen molar-refractivity contribution in [3.63, 3.8) is 0 Å². The molecular formula is C18H32N4O7S2. The Balaban J connectivity index is 5.49. The number of rotatable bonds is 15. The number of carboxylic acids is 2. The van der Waals surface area contributed by atoms with Crippen LogP contribution in [-0.2, 0) is 24.0 Å². The molecule has 13 heteroatoms. The van der Waals surface area contributed by atoms with Crippen LogP contribution in [0.3, 0.4) is 0 Å². The monoisotopic (exact) mass is 480 g/mol. The van der Waals surface area contributed by atoms with Crippen molar-refractivity contribution in [3.05, 3.63) is 0 Å². The predicted octanol–water partition coefficient (Wildman–Crippen LogP) is -0.944. The minimum Gasteiger partial charge on any atom is -0.481 e. The summed E-state index contributed by atoms with van der Waals surface area (Å²) in [6.45, 7) is 3.49. The number of thiol groups is 1. The number of amides is 3. The summed E-state index contributed by atoms with van der Waals surface area (Å²) in [5.74, 6) is -4.79. The second kappa shape index (κ2) is 14.9. The summed E-state index contributed by atoms with van der Waals surface area (Å²) in [4.78, 5) is 60.0. The quantitative estimate of drug-likeness (QED) is 0.145. The van der Waals surface area contributed by atoms with Gasteiger partial charge in [0.1, 0.15) is 18.1 Å². The first kappa shape index (κ1) is 29.0. The first-order chi connectivity index (χ1) is 14.5. The Hall–Kier alpha value is -1.99. The highest BCUT2D eigenvalue weighted by Gasteiger charge is 2.33. The van der Waals surface area contributed by atoms with E-state index in [9.17, 15) is 29.1 Å². The molecule has 5 atom stereocenters. The lowest BCUT2D eigenvalue weighted by atomic mass is 9.97. The van der Waals surface area contributed by atoms with Crippen molar-refractivity contribution in [3.8, 4) is 0 Å². The predicted molar refractivity (Wildman–Crippen MR) is 120 cm³/mol. The van der Waals surface area contributed by atoms with Crippen molar-refractivity contribution in [2.45, 2.75) is 57.3 Å². The van der Waals surface area contributed by atoms with Crippen LogP contribution in [0.2, 0.25) is 0 Å². The first-order valence-corrected chi connectivity index (χ1v) is 11.7. The Morgan fingerprint density at radius 2 is 1.58 bits per heavy atom. The zero-order chi connectivity index (χ0) is 24.1. The van der Waals surface area contributed by atoms with E-state index in [1.54, 1.807) is 20.1 Å². The van der Waals surface area contributed by atoms with Crippen molar-refractivity contribution in [2.24, 2.45) is 11.7 Å². The van der Waals surface area contributed by atoms with Gasteiger partial charge < -0.3 is 31.9 Å². The van der Waals surface area contributed by atoms with Gasteiger partial charge in [-0.25, -0.2) is 4.79 Å². The number of hydrogen-bond donors (Lipinski definition) is 7. The number of nitrogens with one attached hydrogen (secondary N) is 3. The van der Waals surface area contributed by atoms with Gasteiger partial charge in [-0.05, 0) is 24.3 Å². The number of nitrogens with two attached hydrogens (primary N) is 1. The van der Waals surface area contributed by atoms with E-state index < -0.39 is 60.2 Å². The third-order valence-corrected chi connectivity index (χ3v) is 5.60. The molecule has 0 bridgehead atoms. The normalized spacial score (nSPS) is 15.6. The summed E-state index contributed by atoms with van der Waals surface area (Å²) >= 11 is 5.33. The molecule has 31 heavy (non-hydrogen) atoms. The van der Waals surface area contributed by atoms with Crippen molar-refractivity contribution in [1.29, 1.82) is 0 Å². The molecular weight excluding hydrogens is 448 g/mol. The SMILES string of the molecule is CCC(C)C(NC(=O)C(N)CS)C(=O)NC(CC(=O)O)C(=O)NC(CCSC)C(=O)O. The molecule has 7 N–H and O–H groups in total. The molecule has 0 aromatic heterocycles.